The molecular weight excluding hydrogens is 212 g/mol. The van der Waals surface area contributed by atoms with Crippen LogP contribution >= 0.6 is 0 Å². The first-order chi connectivity index (χ1) is 8.35. The van der Waals surface area contributed by atoms with Gasteiger partial charge >= 0.3 is 0 Å². The van der Waals surface area contributed by atoms with Gasteiger partial charge in [-0.25, -0.2) is 0 Å². The van der Waals surface area contributed by atoms with Crippen molar-refractivity contribution in [2.24, 2.45) is 0 Å². The van der Waals surface area contributed by atoms with Crippen molar-refractivity contribution in [1.82, 2.24) is 5.32 Å². The molecule has 0 bridgehead atoms. The van der Waals surface area contributed by atoms with Crippen LogP contribution in [0.5, 0.6) is 0 Å². The molecule has 0 aromatic carbocycles. The lowest BCUT2D eigenvalue weighted by atomic mass is 9.85. The van der Waals surface area contributed by atoms with Crippen molar-refractivity contribution in [2.45, 2.75) is 69.4 Å². The lowest BCUT2D eigenvalue weighted by Gasteiger charge is -2.31. The SMILES string of the molecule is N#CC1(NCC2CCCO2)CCCCCCC1. The molecule has 2 fully saturated rings. The highest BCUT2D eigenvalue weighted by molar-refractivity contribution is 5.07. The molecule has 0 spiro atoms. The minimum absolute atomic E-state index is 0.271. The molecule has 1 heterocycles. The van der Waals surface area contributed by atoms with Gasteiger partial charge in [-0.2, -0.15) is 5.26 Å². The summed E-state index contributed by atoms with van der Waals surface area (Å²) in [6.45, 7) is 1.75. The topological polar surface area (TPSA) is 45.0 Å². The first-order valence-corrected chi connectivity index (χ1v) is 7.13. The van der Waals surface area contributed by atoms with Crippen LogP contribution in [0, 0.1) is 11.3 Å². The fourth-order valence-corrected chi connectivity index (χ4v) is 2.95. The van der Waals surface area contributed by atoms with Gasteiger partial charge in [0.2, 0.25) is 0 Å². The van der Waals surface area contributed by atoms with E-state index in [-0.39, 0.29) is 5.54 Å². The molecule has 1 N–H and O–H groups in total. The smallest absolute Gasteiger partial charge is 0.106 e. The van der Waals surface area contributed by atoms with Crippen LogP contribution in [-0.2, 0) is 4.74 Å². The van der Waals surface area contributed by atoms with Crippen LogP contribution in [0.3, 0.4) is 0 Å². The molecule has 1 aliphatic carbocycles. The summed E-state index contributed by atoms with van der Waals surface area (Å²) in [5.74, 6) is 0. The molecule has 2 rings (SSSR count). The molecule has 0 radical (unpaired) electrons. The number of hydrogen-bond donors (Lipinski definition) is 1. The minimum atomic E-state index is -0.271. The van der Waals surface area contributed by atoms with Crippen LogP contribution in [0.2, 0.25) is 0 Å². The van der Waals surface area contributed by atoms with E-state index in [0.717, 1.165) is 32.4 Å². The fourth-order valence-electron chi connectivity index (χ4n) is 2.95. The van der Waals surface area contributed by atoms with E-state index in [0.29, 0.717) is 6.10 Å². The van der Waals surface area contributed by atoms with Crippen LogP contribution in [0.15, 0.2) is 0 Å². The van der Waals surface area contributed by atoms with Gasteiger partial charge in [-0.3, -0.25) is 5.32 Å². The fraction of sp³-hybridized carbons (Fsp3) is 0.929. The van der Waals surface area contributed by atoms with Crippen molar-refractivity contribution in [3.8, 4) is 6.07 Å². The summed E-state index contributed by atoms with van der Waals surface area (Å²) in [5, 5.41) is 13.0. The predicted octanol–water partition coefficient (Wildman–Crippen LogP) is 2.76. The first kappa shape index (κ1) is 12.9. The van der Waals surface area contributed by atoms with E-state index < -0.39 is 0 Å². The third kappa shape index (κ3) is 3.69. The van der Waals surface area contributed by atoms with E-state index >= 15 is 0 Å². The lowest BCUT2D eigenvalue weighted by molar-refractivity contribution is 0.102. The highest BCUT2D eigenvalue weighted by Gasteiger charge is 2.30. The van der Waals surface area contributed by atoms with Gasteiger partial charge in [-0.05, 0) is 25.7 Å². The molecule has 17 heavy (non-hydrogen) atoms. The molecule has 1 atom stereocenters. The number of nitrogens with zero attached hydrogens (tertiary/aromatic N) is 1. The lowest BCUT2D eigenvalue weighted by Crippen LogP contribution is -2.47. The van der Waals surface area contributed by atoms with E-state index in [1.54, 1.807) is 0 Å². The van der Waals surface area contributed by atoms with Crippen LogP contribution in [0.4, 0.5) is 0 Å². The largest absolute Gasteiger partial charge is 0.377 e. The summed E-state index contributed by atoms with van der Waals surface area (Å²) in [7, 11) is 0. The zero-order valence-electron chi connectivity index (χ0n) is 10.7. The van der Waals surface area contributed by atoms with Gasteiger partial charge in [0, 0.05) is 13.2 Å². The molecule has 0 aromatic rings. The van der Waals surface area contributed by atoms with E-state index in [2.05, 4.69) is 11.4 Å². The molecule has 1 aliphatic heterocycles. The van der Waals surface area contributed by atoms with Crippen molar-refractivity contribution in [3.63, 3.8) is 0 Å². The quantitative estimate of drug-likeness (QED) is 0.819. The summed E-state index contributed by atoms with van der Waals surface area (Å²) in [4.78, 5) is 0. The molecule has 1 saturated carbocycles. The Hall–Kier alpha value is -0.590. The molecule has 3 heteroatoms. The van der Waals surface area contributed by atoms with Crippen LogP contribution in [0.25, 0.3) is 0 Å². The number of ether oxygens (including phenoxy) is 1. The number of nitriles is 1. The number of nitrogens with one attached hydrogen (secondary N) is 1. The Labute approximate surface area is 105 Å². The van der Waals surface area contributed by atoms with Crippen LogP contribution in [-0.4, -0.2) is 24.8 Å². The second kappa shape index (κ2) is 6.37. The summed E-state index contributed by atoms with van der Waals surface area (Å²) in [6, 6.07) is 2.54. The van der Waals surface area contributed by atoms with Crippen LogP contribution in [0.1, 0.15) is 57.8 Å². The Morgan fingerprint density at radius 3 is 2.41 bits per heavy atom. The monoisotopic (exact) mass is 236 g/mol. The highest BCUT2D eigenvalue weighted by Crippen LogP contribution is 2.26. The minimum Gasteiger partial charge on any atom is -0.377 e. The molecule has 1 saturated heterocycles. The maximum Gasteiger partial charge on any atom is 0.106 e. The summed E-state index contributed by atoms with van der Waals surface area (Å²) in [5.41, 5.74) is -0.271. The Kier molecular flexibility index (Phi) is 4.82. The summed E-state index contributed by atoms with van der Waals surface area (Å²) in [6.07, 6.45) is 11.0. The summed E-state index contributed by atoms with van der Waals surface area (Å²) >= 11 is 0. The molecule has 2 aliphatic rings. The molecule has 96 valence electrons. The van der Waals surface area contributed by atoms with Gasteiger partial charge in [-0.15, -0.1) is 0 Å². The van der Waals surface area contributed by atoms with Gasteiger partial charge in [-0.1, -0.05) is 32.1 Å². The second-order valence-corrected chi connectivity index (χ2v) is 5.48. The van der Waals surface area contributed by atoms with E-state index in [1.807, 2.05) is 0 Å². The summed E-state index contributed by atoms with van der Waals surface area (Å²) < 4.78 is 5.62. The average molecular weight is 236 g/mol. The zero-order valence-corrected chi connectivity index (χ0v) is 10.7. The van der Waals surface area contributed by atoms with E-state index in [4.69, 9.17) is 4.74 Å². The van der Waals surface area contributed by atoms with Gasteiger partial charge < -0.3 is 4.74 Å². The molecule has 3 nitrogen and oxygen atoms in total. The van der Waals surface area contributed by atoms with Gasteiger partial charge in [0.15, 0.2) is 0 Å². The highest BCUT2D eigenvalue weighted by atomic mass is 16.5. The third-order valence-corrected chi connectivity index (χ3v) is 4.11. The predicted molar refractivity (Wildman–Crippen MR) is 67.6 cm³/mol. The van der Waals surface area contributed by atoms with Crippen molar-refractivity contribution in [1.29, 1.82) is 5.26 Å². The van der Waals surface area contributed by atoms with E-state index in [1.165, 1.54) is 38.5 Å². The third-order valence-electron chi connectivity index (χ3n) is 4.11. The number of hydrogen-bond acceptors (Lipinski definition) is 3. The van der Waals surface area contributed by atoms with E-state index in [9.17, 15) is 5.26 Å². The Bertz CT molecular complexity index is 258. The van der Waals surface area contributed by atoms with Gasteiger partial charge in [0.25, 0.3) is 0 Å². The van der Waals surface area contributed by atoms with Crippen molar-refractivity contribution in [2.75, 3.05) is 13.2 Å². The molecule has 0 amide bonds. The van der Waals surface area contributed by atoms with Crippen molar-refractivity contribution in [3.05, 3.63) is 0 Å². The van der Waals surface area contributed by atoms with Gasteiger partial charge in [0.1, 0.15) is 5.54 Å². The number of rotatable bonds is 3. The van der Waals surface area contributed by atoms with Gasteiger partial charge in [0.05, 0.1) is 12.2 Å². The van der Waals surface area contributed by atoms with Crippen molar-refractivity contribution >= 4 is 0 Å². The maximum atomic E-state index is 9.48. The Balaban J connectivity index is 1.85. The second-order valence-electron chi connectivity index (χ2n) is 5.48. The molecule has 0 aromatic heterocycles. The molecule has 1 unspecified atom stereocenters. The first-order valence-electron chi connectivity index (χ1n) is 7.13. The maximum absolute atomic E-state index is 9.48. The Morgan fingerprint density at radius 2 is 1.82 bits per heavy atom. The zero-order chi connectivity index (χ0) is 12.0. The van der Waals surface area contributed by atoms with Crippen molar-refractivity contribution < 1.29 is 4.74 Å². The Morgan fingerprint density at radius 1 is 1.12 bits per heavy atom. The standard InChI is InChI=1S/C14H24N2O/c15-12-14(8-4-2-1-3-5-9-14)16-11-13-7-6-10-17-13/h13,16H,1-11H2. The van der Waals surface area contributed by atoms with Crippen LogP contribution < -0.4 is 5.32 Å². The molecular formula is C14H24N2O. The normalized spacial score (nSPS) is 29.2. The average Bonchev–Trinajstić information content (AvgIpc) is 2.82.